The van der Waals surface area contributed by atoms with Gasteiger partial charge in [0, 0.05) is 5.69 Å². The zero-order valence-corrected chi connectivity index (χ0v) is 11.1. The van der Waals surface area contributed by atoms with E-state index in [1.807, 2.05) is 18.2 Å². The van der Waals surface area contributed by atoms with Crippen LogP contribution in [0.4, 0.5) is 5.69 Å². The standard InChI is InChI=1S/C13H18N2O.ClH/c1-9-5-6-11(8-10(9)2)15-13(16)12-4-3-7-14-12;/h5-6,8,12,14H,3-4,7H2,1-2H3,(H,15,16);1H. The highest BCUT2D eigenvalue weighted by atomic mass is 35.5. The van der Waals surface area contributed by atoms with E-state index < -0.39 is 0 Å². The van der Waals surface area contributed by atoms with Crippen LogP contribution in [0.15, 0.2) is 18.2 Å². The SMILES string of the molecule is Cc1ccc(NC(=O)C2CCCN2)cc1C.Cl. The van der Waals surface area contributed by atoms with Crippen molar-refractivity contribution in [1.82, 2.24) is 5.32 Å². The van der Waals surface area contributed by atoms with Crippen molar-refractivity contribution in [3.8, 4) is 0 Å². The Kier molecular flexibility index (Phi) is 4.97. The molecule has 1 aliphatic heterocycles. The zero-order valence-electron chi connectivity index (χ0n) is 10.2. The molecule has 0 aromatic heterocycles. The second-order valence-corrected chi connectivity index (χ2v) is 4.44. The van der Waals surface area contributed by atoms with Crippen LogP contribution in [0.25, 0.3) is 0 Å². The smallest absolute Gasteiger partial charge is 0.241 e. The number of carbonyl (C=O) groups is 1. The molecule has 1 aliphatic rings. The maximum absolute atomic E-state index is 11.8. The van der Waals surface area contributed by atoms with Gasteiger partial charge in [0.05, 0.1) is 6.04 Å². The van der Waals surface area contributed by atoms with Crippen LogP contribution in [0.3, 0.4) is 0 Å². The highest BCUT2D eigenvalue weighted by Gasteiger charge is 2.21. The minimum absolute atomic E-state index is 0. The number of aryl methyl sites for hydroxylation is 2. The molecule has 1 aromatic rings. The number of hydrogen-bond acceptors (Lipinski definition) is 2. The van der Waals surface area contributed by atoms with E-state index in [9.17, 15) is 4.79 Å². The van der Waals surface area contributed by atoms with Crippen LogP contribution in [0.2, 0.25) is 0 Å². The molecular formula is C13H19ClN2O. The number of hydrogen-bond donors (Lipinski definition) is 2. The predicted molar refractivity (Wildman–Crippen MR) is 72.8 cm³/mol. The number of anilines is 1. The van der Waals surface area contributed by atoms with E-state index in [1.54, 1.807) is 0 Å². The van der Waals surface area contributed by atoms with Crippen molar-refractivity contribution >= 4 is 24.0 Å². The maximum atomic E-state index is 11.8. The number of rotatable bonds is 2. The lowest BCUT2D eigenvalue weighted by molar-refractivity contribution is -0.117. The Morgan fingerprint density at radius 3 is 2.71 bits per heavy atom. The third kappa shape index (κ3) is 3.45. The first-order valence-electron chi connectivity index (χ1n) is 5.78. The third-order valence-electron chi connectivity index (χ3n) is 3.15. The number of benzene rings is 1. The molecule has 4 heteroatoms. The lowest BCUT2D eigenvalue weighted by atomic mass is 10.1. The number of halogens is 1. The largest absolute Gasteiger partial charge is 0.325 e. The summed E-state index contributed by atoms with van der Waals surface area (Å²) in [5, 5.41) is 6.14. The van der Waals surface area contributed by atoms with Gasteiger partial charge in [-0.25, -0.2) is 0 Å². The molecule has 1 amide bonds. The Hall–Kier alpha value is -1.06. The first-order chi connectivity index (χ1) is 7.66. The van der Waals surface area contributed by atoms with Gasteiger partial charge in [-0.3, -0.25) is 4.79 Å². The number of amides is 1. The third-order valence-corrected chi connectivity index (χ3v) is 3.15. The van der Waals surface area contributed by atoms with Crippen molar-refractivity contribution in [2.75, 3.05) is 11.9 Å². The van der Waals surface area contributed by atoms with E-state index >= 15 is 0 Å². The number of nitrogens with one attached hydrogen (secondary N) is 2. The number of carbonyl (C=O) groups excluding carboxylic acids is 1. The lowest BCUT2D eigenvalue weighted by Crippen LogP contribution is -2.35. The molecule has 1 heterocycles. The Morgan fingerprint density at radius 1 is 1.35 bits per heavy atom. The summed E-state index contributed by atoms with van der Waals surface area (Å²) in [7, 11) is 0. The van der Waals surface area contributed by atoms with Gasteiger partial charge in [0.2, 0.25) is 5.91 Å². The van der Waals surface area contributed by atoms with Crippen molar-refractivity contribution < 1.29 is 4.79 Å². The van der Waals surface area contributed by atoms with E-state index in [1.165, 1.54) is 11.1 Å². The van der Waals surface area contributed by atoms with Gasteiger partial charge in [-0.15, -0.1) is 12.4 Å². The van der Waals surface area contributed by atoms with E-state index in [2.05, 4.69) is 24.5 Å². The van der Waals surface area contributed by atoms with Gasteiger partial charge in [-0.05, 0) is 56.5 Å². The predicted octanol–water partition coefficient (Wildman–Crippen LogP) is 2.42. The molecule has 0 bridgehead atoms. The molecule has 17 heavy (non-hydrogen) atoms. The molecule has 94 valence electrons. The monoisotopic (exact) mass is 254 g/mol. The molecule has 1 aromatic carbocycles. The highest BCUT2D eigenvalue weighted by Crippen LogP contribution is 2.15. The lowest BCUT2D eigenvalue weighted by Gasteiger charge is -2.12. The summed E-state index contributed by atoms with van der Waals surface area (Å²) in [4.78, 5) is 11.8. The minimum Gasteiger partial charge on any atom is -0.325 e. The van der Waals surface area contributed by atoms with Gasteiger partial charge in [-0.2, -0.15) is 0 Å². The molecule has 3 nitrogen and oxygen atoms in total. The van der Waals surface area contributed by atoms with Crippen molar-refractivity contribution in [1.29, 1.82) is 0 Å². The van der Waals surface area contributed by atoms with Crippen molar-refractivity contribution in [3.63, 3.8) is 0 Å². The molecule has 1 unspecified atom stereocenters. The van der Waals surface area contributed by atoms with Crippen LogP contribution in [0, 0.1) is 13.8 Å². The van der Waals surface area contributed by atoms with Crippen LogP contribution < -0.4 is 10.6 Å². The van der Waals surface area contributed by atoms with E-state index in [0.717, 1.165) is 25.1 Å². The molecule has 2 N–H and O–H groups in total. The van der Waals surface area contributed by atoms with E-state index in [0.29, 0.717) is 0 Å². The molecule has 0 radical (unpaired) electrons. The summed E-state index contributed by atoms with van der Waals surface area (Å²) in [6.07, 6.45) is 2.03. The van der Waals surface area contributed by atoms with Gasteiger partial charge < -0.3 is 10.6 Å². The van der Waals surface area contributed by atoms with Crippen molar-refractivity contribution in [3.05, 3.63) is 29.3 Å². The zero-order chi connectivity index (χ0) is 11.5. The summed E-state index contributed by atoms with van der Waals surface area (Å²) in [6, 6.07) is 5.99. The second kappa shape index (κ2) is 6.03. The van der Waals surface area contributed by atoms with Gasteiger partial charge in [-0.1, -0.05) is 6.07 Å². The van der Waals surface area contributed by atoms with Crippen LogP contribution in [-0.4, -0.2) is 18.5 Å². The molecule has 2 rings (SSSR count). The molecule has 0 aliphatic carbocycles. The second-order valence-electron chi connectivity index (χ2n) is 4.44. The first-order valence-corrected chi connectivity index (χ1v) is 5.78. The summed E-state index contributed by atoms with van der Waals surface area (Å²) in [6.45, 7) is 5.07. The van der Waals surface area contributed by atoms with Gasteiger partial charge >= 0.3 is 0 Å². The minimum atomic E-state index is -0.0124. The van der Waals surface area contributed by atoms with E-state index in [-0.39, 0.29) is 24.4 Å². The molecular weight excluding hydrogens is 236 g/mol. The molecule has 1 atom stereocenters. The highest BCUT2D eigenvalue weighted by molar-refractivity contribution is 5.95. The maximum Gasteiger partial charge on any atom is 0.241 e. The molecule has 0 saturated carbocycles. The van der Waals surface area contributed by atoms with E-state index in [4.69, 9.17) is 0 Å². The molecule has 1 saturated heterocycles. The molecule has 0 spiro atoms. The van der Waals surface area contributed by atoms with Gasteiger partial charge in [0.1, 0.15) is 0 Å². The average Bonchev–Trinajstić information content (AvgIpc) is 2.77. The van der Waals surface area contributed by atoms with Crippen molar-refractivity contribution in [2.45, 2.75) is 32.7 Å². The Balaban J connectivity index is 0.00000144. The first kappa shape index (κ1) is 14.0. The fraction of sp³-hybridized carbons (Fsp3) is 0.462. The summed E-state index contributed by atoms with van der Waals surface area (Å²) >= 11 is 0. The van der Waals surface area contributed by atoms with Gasteiger partial charge in [0.25, 0.3) is 0 Å². The van der Waals surface area contributed by atoms with Gasteiger partial charge in [0.15, 0.2) is 0 Å². The van der Waals surface area contributed by atoms with Crippen LogP contribution in [0.1, 0.15) is 24.0 Å². The molecule has 1 fully saturated rings. The Labute approximate surface area is 108 Å². The fourth-order valence-electron chi connectivity index (χ4n) is 1.96. The Morgan fingerprint density at radius 2 is 2.12 bits per heavy atom. The average molecular weight is 255 g/mol. The summed E-state index contributed by atoms with van der Waals surface area (Å²) < 4.78 is 0. The topological polar surface area (TPSA) is 41.1 Å². The summed E-state index contributed by atoms with van der Waals surface area (Å²) in [5.74, 6) is 0.0840. The van der Waals surface area contributed by atoms with Crippen LogP contribution in [0.5, 0.6) is 0 Å². The Bertz CT molecular complexity index is 400. The van der Waals surface area contributed by atoms with Crippen LogP contribution in [-0.2, 0) is 4.79 Å². The fourth-order valence-corrected chi connectivity index (χ4v) is 1.96. The van der Waals surface area contributed by atoms with Crippen molar-refractivity contribution in [2.24, 2.45) is 0 Å². The summed E-state index contributed by atoms with van der Waals surface area (Å²) in [5.41, 5.74) is 3.34. The quantitative estimate of drug-likeness (QED) is 0.851. The van der Waals surface area contributed by atoms with Crippen LogP contribution >= 0.6 is 12.4 Å². The normalized spacial score (nSPS) is 18.6.